The van der Waals surface area contributed by atoms with Gasteiger partial charge in [-0.3, -0.25) is 4.90 Å². The van der Waals surface area contributed by atoms with Crippen LogP contribution in [-0.4, -0.2) is 35.6 Å². The van der Waals surface area contributed by atoms with E-state index in [1.54, 1.807) is 0 Å². The number of rotatable bonds is 6. The van der Waals surface area contributed by atoms with Gasteiger partial charge >= 0.3 is 0 Å². The lowest BCUT2D eigenvalue weighted by molar-refractivity contribution is 0.0299. The molecule has 2 heteroatoms. The minimum Gasteiger partial charge on any atom is -0.308 e. The van der Waals surface area contributed by atoms with E-state index in [0.717, 1.165) is 23.9 Å². The summed E-state index contributed by atoms with van der Waals surface area (Å²) in [6.07, 6.45) is 10.0. The minimum atomic E-state index is 0.405. The summed E-state index contributed by atoms with van der Waals surface area (Å²) in [5.41, 5.74) is 0.405. The van der Waals surface area contributed by atoms with Crippen molar-refractivity contribution < 1.29 is 0 Å². The van der Waals surface area contributed by atoms with Gasteiger partial charge in [-0.1, -0.05) is 26.7 Å². The van der Waals surface area contributed by atoms with Gasteiger partial charge in [-0.2, -0.15) is 0 Å². The van der Waals surface area contributed by atoms with Crippen molar-refractivity contribution in [3.63, 3.8) is 0 Å². The highest BCUT2D eigenvalue weighted by Crippen LogP contribution is 2.43. The van der Waals surface area contributed by atoms with Gasteiger partial charge in [-0.05, 0) is 50.9 Å². The maximum atomic E-state index is 3.89. The van der Waals surface area contributed by atoms with Gasteiger partial charge in [-0.25, -0.2) is 0 Å². The molecule has 2 aliphatic carbocycles. The Morgan fingerprint density at radius 2 is 1.95 bits per heavy atom. The predicted molar refractivity (Wildman–Crippen MR) is 81.3 cm³/mol. The molecule has 1 heterocycles. The maximum absolute atomic E-state index is 3.89. The lowest BCUT2D eigenvalue weighted by atomic mass is 9.88. The molecule has 2 nitrogen and oxygen atoms in total. The number of hydrogen-bond donors (Lipinski definition) is 1. The molecule has 0 bridgehead atoms. The summed E-state index contributed by atoms with van der Waals surface area (Å²) in [6, 6.07) is 1.62. The molecule has 1 aliphatic heterocycles. The van der Waals surface area contributed by atoms with Gasteiger partial charge in [0.25, 0.3) is 0 Å². The molecular formula is C17H32N2. The predicted octanol–water partition coefficient (Wildman–Crippen LogP) is 3.42. The first-order valence-corrected chi connectivity index (χ1v) is 8.67. The summed E-state index contributed by atoms with van der Waals surface area (Å²) < 4.78 is 0. The van der Waals surface area contributed by atoms with Crippen LogP contribution in [-0.2, 0) is 0 Å². The summed E-state index contributed by atoms with van der Waals surface area (Å²) in [6.45, 7) is 9.75. The van der Waals surface area contributed by atoms with Crippen molar-refractivity contribution in [2.75, 3.05) is 13.1 Å². The van der Waals surface area contributed by atoms with Gasteiger partial charge < -0.3 is 5.32 Å². The Labute approximate surface area is 119 Å². The molecule has 0 aromatic heterocycles. The van der Waals surface area contributed by atoms with Crippen LogP contribution in [0.3, 0.4) is 0 Å². The van der Waals surface area contributed by atoms with Gasteiger partial charge in [0.05, 0.1) is 0 Å². The fraction of sp³-hybridized carbons (Fsp3) is 1.00. The van der Waals surface area contributed by atoms with Crippen LogP contribution in [0.4, 0.5) is 0 Å². The smallest absolute Gasteiger partial charge is 0.0309 e. The van der Waals surface area contributed by atoms with E-state index in [4.69, 9.17) is 0 Å². The lowest BCUT2D eigenvalue weighted by Gasteiger charge is -2.49. The quantitative estimate of drug-likeness (QED) is 0.791. The normalized spacial score (nSPS) is 38.4. The molecule has 2 saturated carbocycles. The maximum Gasteiger partial charge on any atom is 0.0309 e. The van der Waals surface area contributed by atoms with Crippen molar-refractivity contribution in [3.05, 3.63) is 0 Å². The minimum absolute atomic E-state index is 0.405. The van der Waals surface area contributed by atoms with Crippen molar-refractivity contribution in [1.82, 2.24) is 10.2 Å². The second-order valence-corrected chi connectivity index (χ2v) is 7.55. The third-order valence-electron chi connectivity index (χ3n) is 5.91. The van der Waals surface area contributed by atoms with E-state index in [2.05, 4.69) is 31.0 Å². The molecule has 3 aliphatic rings. The van der Waals surface area contributed by atoms with Crippen LogP contribution < -0.4 is 5.32 Å². The summed E-state index contributed by atoms with van der Waals surface area (Å²) in [4.78, 5) is 2.90. The number of nitrogens with zero attached hydrogens (tertiary/aromatic N) is 1. The van der Waals surface area contributed by atoms with Crippen molar-refractivity contribution in [2.45, 2.75) is 83.3 Å². The first-order valence-electron chi connectivity index (χ1n) is 8.67. The first kappa shape index (κ1) is 13.9. The van der Waals surface area contributed by atoms with E-state index in [0.29, 0.717) is 5.54 Å². The average Bonchev–Trinajstić information content (AvgIpc) is 3.29. The largest absolute Gasteiger partial charge is 0.308 e. The zero-order chi connectivity index (χ0) is 13.5. The van der Waals surface area contributed by atoms with Crippen molar-refractivity contribution in [2.24, 2.45) is 11.8 Å². The van der Waals surface area contributed by atoms with Crippen molar-refractivity contribution >= 4 is 0 Å². The Morgan fingerprint density at radius 1 is 1.21 bits per heavy atom. The Hall–Kier alpha value is -0.0800. The highest BCUT2D eigenvalue weighted by atomic mass is 15.3. The lowest BCUT2D eigenvalue weighted by Crippen LogP contribution is -2.65. The van der Waals surface area contributed by atoms with E-state index in [9.17, 15) is 0 Å². The Morgan fingerprint density at radius 3 is 2.47 bits per heavy atom. The molecule has 0 aromatic carbocycles. The Bertz CT molecular complexity index is 308. The average molecular weight is 264 g/mol. The number of piperazine rings is 1. The van der Waals surface area contributed by atoms with Crippen LogP contribution in [0.25, 0.3) is 0 Å². The Balaban J connectivity index is 1.69. The second kappa shape index (κ2) is 5.37. The monoisotopic (exact) mass is 264 g/mol. The molecule has 3 unspecified atom stereocenters. The molecular weight excluding hydrogens is 232 g/mol. The highest BCUT2D eigenvalue weighted by molar-refractivity contribution is 5.05. The van der Waals surface area contributed by atoms with Gasteiger partial charge in [0, 0.05) is 30.7 Å². The van der Waals surface area contributed by atoms with Crippen LogP contribution in [0.5, 0.6) is 0 Å². The van der Waals surface area contributed by atoms with Gasteiger partial charge in [0.2, 0.25) is 0 Å². The van der Waals surface area contributed by atoms with Crippen molar-refractivity contribution in [1.29, 1.82) is 0 Å². The fourth-order valence-electron chi connectivity index (χ4n) is 4.11. The van der Waals surface area contributed by atoms with Gasteiger partial charge in [0.1, 0.15) is 0 Å². The highest BCUT2D eigenvalue weighted by Gasteiger charge is 2.47. The topological polar surface area (TPSA) is 15.3 Å². The van der Waals surface area contributed by atoms with E-state index in [1.165, 1.54) is 58.0 Å². The summed E-state index contributed by atoms with van der Waals surface area (Å²) in [5, 5.41) is 3.89. The van der Waals surface area contributed by atoms with Crippen molar-refractivity contribution in [3.8, 4) is 0 Å². The van der Waals surface area contributed by atoms with Crippen LogP contribution in [0.15, 0.2) is 0 Å². The van der Waals surface area contributed by atoms with E-state index >= 15 is 0 Å². The molecule has 0 spiro atoms. The molecule has 3 fully saturated rings. The standard InChI is InChI=1S/C17H32N2/c1-4-15(10-13-6-7-13)19-12-17(3,14-8-9-14)18-11-16(19)5-2/h13-16,18H,4-12H2,1-3H3. The summed E-state index contributed by atoms with van der Waals surface area (Å²) >= 11 is 0. The zero-order valence-electron chi connectivity index (χ0n) is 13.1. The summed E-state index contributed by atoms with van der Waals surface area (Å²) in [5.74, 6) is 2.01. The molecule has 0 radical (unpaired) electrons. The van der Waals surface area contributed by atoms with E-state index < -0.39 is 0 Å². The van der Waals surface area contributed by atoms with E-state index in [-0.39, 0.29) is 0 Å². The number of hydrogen-bond acceptors (Lipinski definition) is 2. The fourth-order valence-corrected chi connectivity index (χ4v) is 4.11. The SMILES string of the molecule is CCC1CNC(C)(C2CC2)CN1C(CC)CC1CC1. The molecule has 0 aromatic rings. The number of nitrogens with one attached hydrogen (secondary N) is 1. The van der Waals surface area contributed by atoms with Crippen LogP contribution in [0, 0.1) is 11.8 Å². The molecule has 19 heavy (non-hydrogen) atoms. The molecule has 3 rings (SSSR count). The van der Waals surface area contributed by atoms with Crippen LogP contribution in [0.2, 0.25) is 0 Å². The van der Waals surface area contributed by atoms with Crippen LogP contribution >= 0.6 is 0 Å². The van der Waals surface area contributed by atoms with Crippen LogP contribution in [0.1, 0.15) is 65.7 Å². The Kier molecular flexibility index (Phi) is 3.92. The molecule has 110 valence electrons. The van der Waals surface area contributed by atoms with E-state index in [1.807, 2.05) is 0 Å². The summed E-state index contributed by atoms with van der Waals surface area (Å²) in [7, 11) is 0. The molecule has 1 saturated heterocycles. The molecule has 1 N–H and O–H groups in total. The molecule has 3 atom stereocenters. The molecule has 0 amide bonds. The van der Waals surface area contributed by atoms with Gasteiger partial charge in [0.15, 0.2) is 0 Å². The third-order valence-corrected chi connectivity index (χ3v) is 5.91. The van der Waals surface area contributed by atoms with Gasteiger partial charge in [-0.15, -0.1) is 0 Å². The first-order chi connectivity index (χ1) is 9.16. The zero-order valence-corrected chi connectivity index (χ0v) is 13.1. The second-order valence-electron chi connectivity index (χ2n) is 7.55. The third kappa shape index (κ3) is 3.00.